The summed E-state index contributed by atoms with van der Waals surface area (Å²) in [7, 11) is 0. The molecule has 0 saturated heterocycles. The molecule has 142 valence electrons. The molecular weight excluding hydrogens is 389 g/mol. The van der Waals surface area contributed by atoms with Gasteiger partial charge in [0.1, 0.15) is 6.04 Å². The topological polar surface area (TPSA) is 87.3 Å². The molecule has 2 aromatic rings. The molecule has 0 spiro atoms. The van der Waals surface area contributed by atoms with Crippen molar-refractivity contribution >= 4 is 46.6 Å². The van der Waals surface area contributed by atoms with Crippen LogP contribution in [0.4, 0.5) is 5.69 Å². The maximum absolute atomic E-state index is 12.1. The molecule has 0 fully saturated rings. The Morgan fingerprint density at radius 3 is 2.33 bits per heavy atom. The molecule has 3 N–H and O–H groups in total. The molecular formula is C19H19Cl2N3O3. The summed E-state index contributed by atoms with van der Waals surface area (Å²) in [6.45, 7) is 1.35. The van der Waals surface area contributed by atoms with E-state index in [1.54, 1.807) is 42.5 Å². The van der Waals surface area contributed by atoms with Crippen LogP contribution in [0.1, 0.15) is 12.5 Å². The first kappa shape index (κ1) is 20.7. The van der Waals surface area contributed by atoms with Crippen LogP contribution >= 0.6 is 23.2 Å². The molecule has 8 heteroatoms. The van der Waals surface area contributed by atoms with Crippen molar-refractivity contribution in [3.05, 3.63) is 64.1 Å². The van der Waals surface area contributed by atoms with E-state index < -0.39 is 11.9 Å². The fourth-order valence-corrected chi connectivity index (χ4v) is 2.56. The molecule has 2 aromatic carbocycles. The zero-order valence-electron chi connectivity index (χ0n) is 14.6. The molecule has 1 atom stereocenters. The average Bonchev–Trinajstić information content (AvgIpc) is 2.63. The van der Waals surface area contributed by atoms with E-state index in [0.29, 0.717) is 21.3 Å². The Kier molecular flexibility index (Phi) is 7.64. The summed E-state index contributed by atoms with van der Waals surface area (Å²) in [5.74, 6) is -1.16. The maximum Gasteiger partial charge on any atom is 0.243 e. The smallest absolute Gasteiger partial charge is 0.243 e. The van der Waals surface area contributed by atoms with Gasteiger partial charge in [-0.05, 0) is 36.8 Å². The predicted octanol–water partition coefficient (Wildman–Crippen LogP) is 2.80. The van der Waals surface area contributed by atoms with E-state index in [0.717, 1.165) is 0 Å². The third-order valence-corrected chi connectivity index (χ3v) is 4.34. The number of carbonyl (C=O) groups is 3. The normalized spacial score (nSPS) is 11.4. The Balaban J connectivity index is 1.76. The lowest BCUT2D eigenvalue weighted by atomic mass is 10.1. The van der Waals surface area contributed by atoms with E-state index in [1.807, 2.05) is 6.07 Å². The number of rotatable bonds is 7. The highest BCUT2D eigenvalue weighted by Crippen LogP contribution is 2.22. The van der Waals surface area contributed by atoms with Crippen LogP contribution in [-0.2, 0) is 20.8 Å². The number of nitrogens with one attached hydrogen (secondary N) is 3. The number of hydrogen-bond acceptors (Lipinski definition) is 3. The molecule has 0 saturated carbocycles. The summed E-state index contributed by atoms with van der Waals surface area (Å²) in [5, 5.41) is 8.48. The molecule has 27 heavy (non-hydrogen) atoms. The lowest BCUT2D eigenvalue weighted by Gasteiger charge is -2.14. The monoisotopic (exact) mass is 407 g/mol. The van der Waals surface area contributed by atoms with Crippen molar-refractivity contribution in [2.45, 2.75) is 19.4 Å². The van der Waals surface area contributed by atoms with Crippen LogP contribution in [0.3, 0.4) is 0 Å². The minimum atomic E-state index is -0.787. The second-order valence-electron chi connectivity index (χ2n) is 5.85. The van der Waals surface area contributed by atoms with Crippen LogP contribution in [0.15, 0.2) is 48.5 Å². The molecule has 2 rings (SSSR count). The second-order valence-corrected chi connectivity index (χ2v) is 6.66. The van der Waals surface area contributed by atoms with Crippen LogP contribution < -0.4 is 16.0 Å². The first-order chi connectivity index (χ1) is 12.8. The number of hydrogen-bond donors (Lipinski definition) is 3. The van der Waals surface area contributed by atoms with Gasteiger partial charge in [-0.1, -0.05) is 47.5 Å². The molecule has 0 aliphatic heterocycles. The summed E-state index contributed by atoms with van der Waals surface area (Å²) >= 11 is 11.8. The standard InChI is InChI=1S/C19H19Cl2N3O3/c1-12(23-17(25)10-13-7-8-15(20)16(21)9-13)19(27)22-11-18(26)24-14-5-3-2-4-6-14/h2-9,12H,10-11H2,1H3,(H,22,27)(H,23,25)(H,24,26)/t12-/m0/s1. The fourth-order valence-electron chi connectivity index (χ4n) is 2.24. The molecule has 0 aromatic heterocycles. The molecule has 0 heterocycles. The Morgan fingerprint density at radius 2 is 1.67 bits per heavy atom. The summed E-state index contributed by atoms with van der Waals surface area (Å²) < 4.78 is 0. The minimum Gasteiger partial charge on any atom is -0.345 e. The van der Waals surface area contributed by atoms with Gasteiger partial charge in [0, 0.05) is 5.69 Å². The molecule has 3 amide bonds. The number of benzene rings is 2. The lowest BCUT2D eigenvalue weighted by molar-refractivity contribution is -0.129. The Bertz CT molecular complexity index is 828. The largest absolute Gasteiger partial charge is 0.345 e. The number of carbonyl (C=O) groups excluding carboxylic acids is 3. The van der Waals surface area contributed by atoms with Gasteiger partial charge >= 0.3 is 0 Å². The van der Waals surface area contributed by atoms with Crippen LogP contribution in [0, 0.1) is 0 Å². The Morgan fingerprint density at radius 1 is 0.963 bits per heavy atom. The Labute approximate surface area is 167 Å². The van der Waals surface area contributed by atoms with Crippen molar-refractivity contribution in [2.24, 2.45) is 0 Å². The van der Waals surface area contributed by atoms with Crippen molar-refractivity contribution in [3.8, 4) is 0 Å². The van der Waals surface area contributed by atoms with Gasteiger partial charge in [-0.3, -0.25) is 14.4 Å². The second kappa shape index (κ2) is 9.94. The SMILES string of the molecule is C[C@H](NC(=O)Cc1ccc(Cl)c(Cl)c1)C(=O)NCC(=O)Nc1ccccc1. The average molecular weight is 408 g/mol. The van der Waals surface area contributed by atoms with E-state index >= 15 is 0 Å². The van der Waals surface area contributed by atoms with E-state index in [4.69, 9.17) is 23.2 Å². The van der Waals surface area contributed by atoms with E-state index in [-0.39, 0.29) is 24.8 Å². The van der Waals surface area contributed by atoms with Crippen LogP contribution in [0.2, 0.25) is 10.0 Å². The van der Waals surface area contributed by atoms with Crippen molar-refractivity contribution in [1.82, 2.24) is 10.6 Å². The maximum atomic E-state index is 12.1. The zero-order chi connectivity index (χ0) is 19.8. The molecule has 0 aliphatic rings. The molecule has 0 aliphatic carbocycles. The third-order valence-electron chi connectivity index (χ3n) is 3.60. The first-order valence-corrected chi connectivity index (χ1v) is 8.96. The van der Waals surface area contributed by atoms with E-state index in [9.17, 15) is 14.4 Å². The zero-order valence-corrected chi connectivity index (χ0v) is 16.1. The molecule has 0 radical (unpaired) electrons. The highest BCUT2D eigenvalue weighted by Gasteiger charge is 2.16. The van der Waals surface area contributed by atoms with Gasteiger partial charge in [0.05, 0.1) is 23.0 Å². The van der Waals surface area contributed by atoms with Gasteiger partial charge in [0.15, 0.2) is 0 Å². The summed E-state index contributed by atoms with van der Waals surface area (Å²) in [4.78, 5) is 35.9. The number of amides is 3. The minimum absolute atomic E-state index is 0.0585. The number of halogens is 2. The summed E-state index contributed by atoms with van der Waals surface area (Å²) in [6.07, 6.45) is 0.0585. The number of para-hydroxylation sites is 1. The number of anilines is 1. The molecule has 0 unspecified atom stereocenters. The highest BCUT2D eigenvalue weighted by atomic mass is 35.5. The van der Waals surface area contributed by atoms with Gasteiger partial charge in [-0.2, -0.15) is 0 Å². The highest BCUT2D eigenvalue weighted by molar-refractivity contribution is 6.42. The summed E-state index contributed by atoms with van der Waals surface area (Å²) in [5.41, 5.74) is 1.32. The van der Waals surface area contributed by atoms with Crippen molar-refractivity contribution in [1.29, 1.82) is 0 Å². The predicted molar refractivity (Wildman–Crippen MR) is 106 cm³/mol. The van der Waals surface area contributed by atoms with Gasteiger partial charge in [-0.25, -0.2) is 0 Å². The van der Waals surface area contributed by atoms with Gasteiger partial charge in [-0.15, -0.1) is 0 Å². The van der Waals surface area contributed by atoms with Crippen molar-refractivity contribution < 1.29 is 14.4 Å². The van der Waals surface area contributed by atoms with Crippen molar-refractivity contribution in [3.63, 3.8) is 0 Å². The fraction of sp³-hybridized carbons (Fsp3) is 0.211. The van der Waals surface area contributed by atoms with E-state index in [2.05, 4.69) is 16.0 Å². The van der Waals surface area contributed by atoms with Gasteiger partial charge < -0.3 is 16.0 Å². The first-order valence-electron chi connectivity index (χ1n) is 8.21. The summed E-state index contributed by atoms with van der Waals surface area (Å²) in [6, 6.07) is 13.0. The quantitative estimate of drug-likeness (QED) is 0.659. The van der Waals surface area contributed by atoms with Gasteiger partial charge in [0.25, 0.3) is 0 Å². The molecule has 0 bridgehead atoms. The van der Waals surface area contributed by atoms with Crippen LogP contribution in [-0.4, -0.2) is 30.3 Å². The Hall–Kier alpha value is -2.57. The van der Waals surface area contributed by atoms with Crippen molar-refractivity contribution in [2.75, 3.05) is 11.9 Å². The van der Waals surface area contributed by atoms with Crippen LogP contribution in [0.25, 0.3) is 0 Å². The lowest BCUT2D eigenvalue weighted by Crippen LogP contribution is -2.47. The third kappa shape index (κ3) is 6.92. The van der Waals surface area contributed by atoms with Gasteiger partial charge in [0.2, 0.25) is 17.7 Å². The van der Waals surface area contributed by atoms with E-state index in [1.165, 1.54) is 6.92 Å². The van der Waals surface area contributed by atoms with Crippen LogP contribution in [0.5, 0.6) is 0 Å². The molecule has 6 nitrogen and oxygen atoms in total.